The maximum Gasteiger partial charge on any atom is 0.338 e. The zero-order valence-corrected chi connectivity index (χ0v) is 23.6. The molecule has 4 aromatic carbocycles. The van der Waals surface area contributed by atoms with E-state index >= 15 is 0 Å². The summed E-state index contributed by atoms with van der Waals surface area (Å²) in [5.41, 5.74) is 3.04. The van der Waals surface area contributed by atoms with Crippen LogP contribution in [0.5, 0.6) is 0 Å². The monoisotopic (exact) mass is 541 g/mol. The minimum atomic E-state index is -3.97. The molecular weight excluding hydrogens is 519 g/mol. The number of hydrogen-bond acceptors (Lipinski definition) is 6. The Kier molecular flexibility index (Phi) is 9.91. The SMILES string of the molecule is O=S(=O)(OC=Cc1ccccc1)c1ccc(-c2ccc(S(=O)(=O)OC=Cc3ccccc3)cc2)cc1.[Na]. The Morgan fingerprint density at radius 1 is 0.459 bits per heavy atom. The van der Waals surface area contributed by atoms with Gasteiger partial charge in [-0.3, -0.25) is 0 Å². The van der Waals surface area contributed by atoms with E-state index < -0.39 is 20.2 Å². The first-order chi connectivity index (χ1) is 17.3. The Labute approximate surface area is 239 Å². The molecule has 4 aromatic rings. The average Bonchev–Trinajstić information content (AvgIpc) is 2.90. The molecule has 4 rings (SSSR count). The molecule has 0 aliphatic heterocycles. The summed E-state index contributed by atoms with van der Waals surface area (Å²) in [6.07, 6.45) is 5.38. The zero-order chi connectivity index (χ0) is 25.4. The predicted octanol–water partition coefficient (Wildman–Crippen LogP) is 5.73. The summed E-state index contributed by atoms with van der Waals surface area (Å²) in [4.78, 5) is 0.00326. The third-order valence-electron chi connectivity index (χ3n) is 5.10. The topological polar surface area (TPSA) is 86.7 Å². The molecule has 0 amide bonds. The van der Waals surface area contributed by atoms with Gasteiger partial charge >= 0.3 is 20.2 Å². The van der Waals surface area contributed by atoms with Crippen molar-refractivity contribution < 1.29 is 25.2 Å². The van der Waals surface area contributed by atoms with Gasteiger partial charge in [-0.15, -0.1) is 0 Å². The van der Waals surface area contributed by atoms with Gasteiger partial charge in [0.15, 0.2) is 0 Å². The summed E-state index contributed by atoms with van der Waals surface area (Å²) in [6.45, 7) is 0. The molecule has 0 aliphatic rings. The summed E-state index contributed by atoms with van der Waals surface area (Å²) in [6, 6.07) is 30.6. The fourth-order valence-electron chi connectivity index (χ4n) is 3.23. The van der Waals surface area contributed by atoms with E-state index in [4.69, 9.17) is 8.37 Å². The Bertz CT molecular complexity index is 1440. The fraction of sp³-hybridized carbons (Fsp3) is 0. The van der Waals surface area contributed by atoms with Crippen LogP contribution in [0, 0.1) is 0 Å². The van der Waals surface area contributed by atoms with Gasteiger partial charge in [0.1, 0.15) is 22.3 Å². The molecule has 0 unspecified atom stereocenters. The van der Waals surface area contributed by atoms with Crippen LogP contribution in [0.15, 0.2) is 132 Å². The quantitative estimate of drug-likeness (QED) is 0.153. The first-order valence-electron chi connectivity index (χ1n) is 10.8. The van der Waals surface area contributed by atoms with Crippen LogP contribution in [-0.2, 0) is 28.6 Å². The van der Waals surface area contributed by atoms with Crippen molar-refractivity contribution >= 4 is 61.9 Å². The maximum atomic E-state index is 12.4. The van der Waals surface area contributed by atoms with Gasteiger partial charge in [0.25, 0.3) is 0 Å². The largest absolute Gasteiger partial charge is 0.387 e. The second kappa shape index (κ2) is 12.9. The van der Waals surface area contributed by atoms with Crippen LogP contribution >= 0.6 is 0 Å². The van der Waals surface area contributed by atoms with Crippen LogP contribution < -0.4 is 0 Å². The van der Waals surface area contributed by atoms with Gasteiger partial charge in [-0.1, -0.05) is 84.9 Å². The minimum Gasteiger partial charge on any atom is -0.387 e. The van der Waals surface area contributed by atoms with E-state index in [1.165, 1.54) is 24.3 Å². The summed E-state index contributed by atoms with van der Waals surface area (Å²) in [5, 5.41) is 0. The van der Waals surface area contributed by atoms with Crippen molar-refractivity contribution in [3.63, 3.8) is 0 Å². The molecule has 0 aliphatic carbocycles. The van der Waals surface area contributed by atoms with Crippen LogP contribution in [0.2, 0.25) is 0 Å². The van der Waals surface area contributed by atoms with E-state index in [1.54, 1.807) is 36.4 Å². The van der Waals surface area contributed by atoms with Crippen LogP contribution in [-0.4, -0.2) is 46.4 Å². The standard InChI is InChI=1S/C28H22O6S2.Na/c29-35(30,33-21-19-23-7-3-1-4-8-23)27-15-11-25(12-16-27)26-13-17-28(18-14-26)36(31,32)34-22-20-24-9-5-2-6-10-24;/h1-22H;. The van der Waals surface area contributed by atoms with Crippen molar-refractivity contribution in [2.24, 2.45) is 0 Å². The Balaban J connectivity index is 0.00000380. The average molecular weight is 542 g/mol. The van der Waals surface area contributed by atoms with Crippen LogP contribution in [0.4, 0.5) is 0 Å². The van der Waals surface area contributed by atoms with E-state index in [9.17, 15) is 16.8 Å². The van der Waals surface area contributed by atoms with Crippen molar-refractivity contribution in [1.29, 1.82) is 0 Å². The van der Waals surface area contributed by atoms with Gasteiger partial charge in [0.05, 0.1) is 0 Å². The summed E-state index contributed by atoms with van der Waals surface area (Å²) in [7, 11) is -7.95. The van der Waals surface area contributed by atoms with E-state index in [2.05, 4.69) is 0 Å². The predicted molar refractivity (Wildman–Crippen MR) is 145 cm³/mol. The molecule has 0 saturated carbocycles. The minimum absolute atomic E-state index is 0. The molecule has 6 nitrogen and oxygen atoms in total. The first-order valence-corrected chi connectivity index (χ1v) is 13.7. The smallest absolute Gasteiger partial charge is 0.338 e. The molecule has 0 bridgehead atoms. The van der Waals surface area contributed by atoms with E-state index in [0.29, 0.717) is 11.1 Å². The van der Waals surface area contributed by atoms with Crippen LogP contribution in [0.25, 0.3) is 23.3 Å². The van der Waals surface area contributed by atoms with Gasteiger partial charge in [-0.25, -0.2) is 0 Å². The molecule has 0 spiro atoms. The first kappa shape index (κ1) is 28.4. The van der Waals surface area contributed by atoms with Crippen molar-refractivity contribution in [1.82, 2.24) is 0 Å². The summed E-state index contributed by atoms with van der Waals surface area (Å²) in [5.74, 6) is 0. The molecule has 1 radical (unpaired) electrons. The summed E-state index contributed by atoms with van der Waals surface area (Å²) >= 11 is 0. The third-order valence-corrected chi connectivity index (χ3v) is 7.53. The molecule has 9 heteroatoms. The molecule has 37 heavy (non-hydrogen) atoms. The number of hydrogen-bond donors (Lipinski definition) is 0. The maximum absolute atomic E-state index is 12.4. The molecule has 0 N–H and O–H groups in total. The van der Waals surface area contributed by atoms with E-state index in [-0.39, 0.29) is 39.3 Å². The van der Waals surface area contributed by atoms with Crippen molar-refractivity contribution in [3.05, 3.63) is 133 Å². The molecule has 0 atom stereocenters. The summed E-state index contributed by atoms with van der Waals surface area (Å²) < 4.78 is 59.7. The Morgan fingerprint density at radius 3 is 1.11 bits per heavy atom. The third kappa shape index (κ3) is 7.92. The second-order valence-electron chi connectivity index (χ2n) is 7.58. The van der Waals surface area contributed by atoms with Crippen molar-refractivity contribution in [2.45, 2.75) is 9.79 Å². The van der Waals surface area contributed by atoms with Crippen LogP contribution in [0.3, 0.4) is 0 Å². The molecule has 0 heterocycles. The Hall–Kier alpha value is -3.14. The molecular formula is C28H22NaO6S2. The van der Waals surface area contributed by atoms with Gasteiger partial charge in [-0.2, -0.15) is 16.8 Å². The van der Waals surface area contributed by atoms with Gasteiger partial charge in [0.2, 0.25) is 0 Å². The fourth-order valence-corrected chi connectivity index (χ4v) is 4.79. The van der Waals surface area contributed by atoms with Gasteiger partial charge < -0.3 is 8.37 Å². The molecule has 0 saturated heterocycles. The second-order valence-corrected chi connectivity index (χ2v) is 10.7. The van der Waals surface area contributed by atoms with Crippen molar-refractivity contribution in [3.8, 4) is 11.1 Å². The zero-order valence-electron chi connectivity index (χ0n) is 20.0. The number of rotatable bonds is 9. The molecule has 0 fully saturated rings. The molecule has 183 valence electrons. The van der Waals surface area contributed by atoms with Crippen LogP contribution in [0.1, 0.15) is 11.1 Å². The van der Waals surface area contributed by atoms with Gasteiger partial charge in [-0.05, 0) is 58.7 Å². The Morgan fingerprint density at radius 2 is 0.784 bits per heavy atom. The van der Waals surface area contributed by atoms with Gasteiger partial charge in [0, 0.05) is 29.6 Å². The van der Waals surface area contributed by atoms with Crippen molar-refractivity contribution in [2.75, 3.05) is 0 Å². The normalized spacial score (nSPS) is 11.8. The van der Waals surface area contributed by atoms with E-state index in [1.807, 2.05) is 60.7 Å². The van der Waals surface area contributed by atoms with E-state index in [0.717, 1.165) is 23.7 Å². The number of benzene rings is 4. The molecule has 0 aromatic heterocycles.